The number of rotatable bonds is 0. The molecule has 0 amide bonds. The molecule has 0 aromatic carbocycles. The quantitative estimate of drug-likeness (QED) is 0.291. The van der Waals surface area contributed by atoms with Crippen LogP contribution in [0, 0.1) is 11.8 Å². The van der Waals surface area contributed by atoms with Crippen LogP contribution in [0.3, 0.4) is 0 Å². The maximum Gasteiger partial charge on any atom is 0.317 e. The van der Waals surface area contributed by atoms with E-state index in [0.29, 0.717) is 12.8 Å². The molecule has 2 aliphatic rings. The summed E-state index contributed by atoms with van der Waals surface area (Å²) < 4.78 is 4.49. The fourth-order valence-electron chi connectivity index (χ4n) is 1.59. The molecule has 0 radical (unpaired) electrons. The SMILES string of the molecule is O=C1OC(=O)[C@@H]2CC=CCC12. The molecule has 3 nitrogen and oxygen atoms in total. The van der Waals surface area contributed by atoms with E-state index < -0.39 is 0 Å². The Hall–Kier alpha value is -1.12. The number of hydrogen-bond donors (Lipinski definition) is 0. The Bertz CT molecular complexity index is 218. The van der Waals surface area contributed by atoms with Gasteiger partial charge in [0.25, 0.3) is 0 Å². The van der Waals surface area contributed by atoms with Crippen molar-refractivity contribution in [3.63, 3.8) is 0 Å². The van der Waals surface area contributed by atoms with Crippen LogP contribution in [0.1, 0.15) is 12.8 Å². The standard InChI is InChI=1S/C8H8O3/c9-7-5-3-1-2-4-6(5)8(10)11-7/h1-2,5-6H,3-4H2/t5-,6?/m1/s1. The lowest BCUT2D eigenvalue weighted by Gasteiger charge is -2.12. The number of carbonyl (C=O) groups is 2. The molecule has 1 fully saturated rings. The molecular weight excluding hydrogens is 144 g/mol. The normalized spacial score (nSPS) is 35.3. The summed E-state index contributed by atoms with van der Waals surface area (Å²) in [6, 6.07) is 0. The minimum atomic E-state index is -0.343. The third kappa shape index (κ3) is 0.878. The summed E-state index contributed by atoms with van der Waals surface area (Å²) in [5.41, 5.74) is 0. The molecule has 1 aliphatic heterocycles. The van der Waals surface area contributed by atoms with Crippen molar-refractivity contribution in [1.29, 1.82) is 0 Å². The highest BCUT2D eigenvalue weighted by Gasteiger charge is 2.43. The molecule has 11 heavy (non-hydrogen) atoms. The third-order valence-electron chi connectivity index (χ3n) is 2.24. The molecule has 0 saturated carbocycles. The monoisotopic (exact) mass is 152 g/mol. The van der Waals surface area contributed by atoms with E-state index in [-0.39, 0.29) is 23.8 Å². The molecule has 0 aromatic rings. The summed E-state index contributed by atoms with van der Waals surface area (Å²) in [4.78, 5) is 21.9. The van der Waals surface area contributed by atoms with Crippen LogP contribution in [-0.4, -0.2) is 11.9 Å². The van der Waals surface area contributed by atoms with Gasteiger partial charge in [0.1, 0.15) is 0 Å². The zero-order valence-electron chi connectivity index (χ0n) is 5.95. The zero-order chi connectivity index (χ0) is 7.84. The van der Waals surface area contributed by atoms with Gasteiger partial charge in [0.2, 0.25) is 0 Å². The van der Waals surface area contributed by atoms with Gasteiger partial charge in [-0.05, 0) is 12.8 Å². The smallest absolute Gasteiger partial charge is 0.317 e. The van der Waals surface area contributed by atoms with E-state index in [1.165, 1.54) is 0 Å². The summed E-state index contributed by atoms with van der Waals surface area (Å²) >= 11 is 0. The van der Waals surface area contributed by atoms with Gasteiger partial charge in [0, 0.05) is 0 Å². The highest BCUT2D eigenvalue weighted by atomic mass is 16.6. The first kappa shape index (κ1) is 6.58. The molecule has 0 aromatic heterocycles. The molecule has 1 aliphatic carbocycles. The van der Waals surface area contributed by atoms with Gasteiger partial charge in [-0.15, -0.1) is 0 Å². The molecule has 2 rings (SSSR count). The fourth-order valence-corrected chi connectivity index (χ4v) is 1.59. The van der Waals surface area contributed by atoms with Crippen molar-refractivity contribution in [1.82, 2.24) is 0 Å². The Kier molecular flexibility index (Phi) is 1.31. The lowest BCUT2D eigenvalue weighted by Crippen LogP contribution is -2.18. The first-order valence-electron chi connectivity index (χ1n) is 3.69. The second-order valence-corrected chi connectivity index (χ2v) is 2.90. The second-order valence-electron chi connectivity index (χ2n) is 2.90. The minimum absolute atomic E-state index is 0.188. The van der Waals surface area contributed by atoms with Gasteiger partial charge < -0.3 is 4.74 Å². The highest BCUT2D eigenvalue weighted by Crippen LogP contribution is 2.32. The number of fused-ring (bicyclic) bond motifs is 1. The highest BCUT2D eigenvalue weighted by molar-refractivity contribution is 5.96. The Morgan fingerprint density at radius 2 is 1.55 bits per heavy atom. The maximum atomic E-state index is 10.9. The summed E-state index contributed by atoms with van der Waals surface area (Å²) in [6.07, 6.45) is 5.19. The molecule has 1 heterocycles. The van der Waals surface area contributed by atoms with Crippen molar-refractivity contribution >= 4 is 11.9 Å². The Morgan fingerprint density at radius 3 is 2.00 bits per heavy atom. The average Bonchev–Trinajstić information content (AvgIpc) is 2.30. The van der Waals surface area contributed by atoms with Crippen LogP contribution in [0.15, 0.2) is 12.2 Å². The summed E-state index contributed by atoms with van der Waals surface area (Å²) in [5.74, 6) is -1.06. The fraction of sp³-hybridized carbons (Fsp3) is 0.500. The van der Waals surface area contributed by atoms with Crippen LogP contribution in [0.5, 0.6) is 0 Å². The van der Waals surface area contributed by atoms with Crippen molar-refractivity contribution in [3.05, 3.63) is 12.2 Å². The summed E-state index contributed by atoms with van der Waals surface area (Å²) in [6.45, 7) is 0. The largest absolute Gasteiger partial charge is 0.393 e. The Morgan fingerprint density at radius 1 is 1.09 bits per heavy atom. The molecule has 58 valence electrons. The van der Waals surface area contributed by atoms with Crippen LogP contribution in [0.2, 0.25) is 0 Å². The zero-order valence-corrected chi connectivity index (χ0v) is 5.95. The van der Waals surface area contributed by atoms with E-state index in [1.54, 1.807) is 0 Å². The van der Waals surface area contributed by atoms with Gasteiger partial charge in [-0.25, -0.2) is 0 Å². The first-order chi connectivity index (χ1) is 5.29. The number of hydrogen-bond acceptors (Lipinski definition) is 3. The van der Waals surface area contributed by atoms with Gasteiger partial charge in [0.05, 0.1) is 11.8 Å². The third-order valence-corrected chi connectivity index (χ3v) is 2.24. The molecule has 0 N–H and O–H groups in total. The van der Waals surface area contributed by atoms with Crippen molar-refractivity contribution in [2.45, 2.75) is 12.8 Å². The molecule has 0 bridgehead atoms. The second kappa shape index (κ2) is 2.19. The van der Waals surface area contributed by atoms with Gasteiger partial charge in [-0.1, -0.05) is 12.2 Å². The van der Waals surface area contributed by atoms with Crippen LogP contribution < -0.4 is 0 Å². The molecular formula is C8H8O3. The average molecular weight is 152 g/mol. The maximum absolute atomic E-state index is 10.9. The van der Waals surface area contributed by atoms with Crippen LogP contribution in [0.4, 0.5) is 0 Å². The van der Waals surface area contributed by atoms with E-state index in [4.69, 9.17) is 0 Å². The first-order valence-corrected chi connectivity index (χ1v) is 3.69. The lowest BCUT2D eigenvalue weighted by molar-refractivity contribution is -0.153. The molecule has 1 saturated heterocycles. The van der Waals surface area contributed by atoms with Crippen LogP contribution in [0.25, 0.3) is 0 Å². The number of carbonyl (C=O) groups excluding carboxylic acids is 2. The Labute approximate surface area is 64.0 Å². The van der Waals surface area contributed by atoms with Gasteiger partial charge >= 0.3 is 11.9 Å². The predicted octanol–water partition coefficient (Wildman–Crippen LogP) is 0.652. The van der Waals surface area contributed by atoms with E-state index >= 15 is 0 Å². The van der Waals surface area contributed by atoms with E-state index in [2.05, 4.69) is 4.74 Å². The summed E-state index contributed by atoms with van der Waals surface area (Å²) in [7, 11) is 0. The number of cyclic esters (lactones) is 2. The van der Waals surface area contributed by atoms with Crippen molar-refractivity contribution < 1.29 is 14.3 Å². The van der Waals surface area contributed by atoms with Crippen molar-refractivity contribution in [3.8, 4) is 0 Å². The van der Waals surface area contributed by atoms with Gasteiger partial charge in [-0.2, -0.15) is 0 Å². The van der Waals surface area contributed by atoms with Crippen molar-refractivity contribution in [2.75, 3.05) is 0 Å². The van der Waals surface area contributed by atoms with E-state index in [1.807, 2.05) is 12.2 Å². The Balaban J connectivity index is 2.28. The van der Waals surface area contributed by atoms with E-state index in [0.717, 1.165) is 0 Å². The van der Waals surface area contributed by atoms with Crippen LogP contribution >= 0.6 is 0 Å². The minimum Gasteiger partial charge on any atom is -0.393 e. The number of esters is 2. The van der Waals surface area contributed by atoms with E-state index in [9.17, 15) is 9.59 Å². The summed E-state index contributed by atoms with van der Waals surface area (Å²) in [5, 5.41) is 0. The number of allylic oxidation sites excluding steroid dienone is 2. The van der Waals surface area contributed by atoms with Crippen molar-refractivity contribution in [2.24, 2.45) is 11.8 Å². The van der Waals surface area contributed by atoms with Crippen LogP contribution in [-0.2, 0) is 14.3 Å². The molecule has 2 atom stereocenters. The lowest BCUT2D eigenvalue weighted by atomic mass is 9.85. The molecule has 1 unspecified atom stereocenters. The predicted molar refractivity (Wildman–Crippen MR) is 36.5 cm³/mol. The molecule has 0 spiro atoms. The topological polar surface area (TPSA) is 43.4 Å². The van der Waals surface area contributed by atoms with Gasteiger partial charge in [0.15, 0.2) is 0 Å². The molecule has 3 heteroatoms. The number of ether oxygens (including phenoxy) is 1. The van der Waals surface area contributed by atoms with Gasteiger partial charge in [-0.3, -0.25) is 9.59 Å².